The highest BCUT2D eigenvalue weighted by atomic mass is 32.2. The van der Waals surface area contributed by atoms with Crippen LogP contribution in [0.2, 0.25) is 0 Å². The summed E-state index contributed by atoms with van der Waals surface area (Å²) in [6.45, 7) is 0. The Balaban J connectivity index is 1.96. The van der Waals surface area contributed by atoms with Crippen LogP contribution < -0.4 is 0 Å². The Labute approximate surface area is 65.6 Å². The van der Waals surface area contributed by atoms with Gasteiger partial charge in [0, 0.05) is 10.7 Å². The largest absolute Gasteiger partial charge is 0.303 e. The van der Waals surface area contributed by atoms with Crippen LogP contribution in [0.5, 0.6) is 0 Å². The summed E-state index contributed by atoms with van der Waals surface area (Å²) in [6, 6.07) is 0. The van der Waals surface area contributed by atoms with E-state index in [0.717, 1.165) is 12.2 Å². The fourth-order valence-corrected chi connectivity index (χ4v) is 2.90. The van der Waals surface area contributed by atoms with E-state index in [9.17, 15) is 4.79 Å². The third-order valence-electron chi connectivity index (χ3n) is 2.84. The molecule has 0 spiro atoms. The Hall–Kier alpha value is 0.0200. The van der Waals surface area contributed by atoms with Gasteiger partial charge < -0.3 is 4.79 Å². The quantitative estimate of drug-likeness (QED) is 0.579. The van der Waals surface area contributed by atoms with Crippen LogP contribution in [0.15, 0.2) is 0 Å². The van der Waals surface area contributed by atoms with E-state index in [1.54, 1.807) is 0 Å². The van der Waals surface area contributed by atoms with Gasteiger partial charge in [-0.1, -0.05) is 0 Å². The Morgan fingerprint density at radius 1 is 1.60 bits per heavy atom. The van der Waals surface area contributed by atoms with Crippen molar-refractivity contribution in [2.75, 3.05) is 6.26 Å². The molecule has 2 fully saturated rings. The summed E-state index contributed by atoms with van der Waals surface area (Å²) in [6.07, 6.45) is 7.19. The standard InChI is InChI=1S/C8H12OS/c1-10-8(2-3-8)7-4-6(7)5-9/h5-7H,2-4H2,1H3/t6-,7-/m1/s1. The van der Waals surface area contributed by atoms with E-state index in [1.807, 2.05) is 11.8 Å². The van der Waals surface area contributed by atoms with E-state index >= 15 is 0 Å². The highest BCUT2D eigenvalue weighted by Gasteiger charge is 2.58. The molecule has 0 bridgehead atoms. The number of carbonyl (C=O) groups is 1. The van der Waals surface area contributed by atoms with Crippen molar-refractivity contribution < 1.29 is 4.79 Å². The van der Waals surface area contributed by atoms with Crippen molar-refractivity contribution in [3.05, 3.63) is 0 Å². The summed E-state index contributed by atoms with van der Waals surface area (Å²) in [5.74, 6) is 1.18. The zero-order chi connectivity index (χ0) is 7.19. The summed E-state index contributed by atoms with van der Waals surface area (Å²) in [7, 11) is 0. The summed E-state index contributed by atoms with van der Waals surface area (Å²) in [4.78, 5) is 10.4. The van der Waals surface area contributed by atoms with Gasteiger partial charge >= 0.3 is 0 Å². The lowest BCUT2D eigenvalue weighted by Gasteiger charge is -2.08. The second-order valence-electron chi connectivity index (χ2n) is 3.41. The maximum absolute atomic E-state index is 10.4. The maximum atomic E-state index is 10.4. The van der Waals surface area contributed by atoms with E-state index in [-0.39, 0.29) is 0 Å². The van der Waals surface area contributed by atoms with Gasteiger partial charge in [-0.2, -0.15) is 11.8 Å². The normalized spacial score (nSPS) is 40.9. The average molecular weight is 156 g/mol. The van der Waals surface area contributed by atoms with Crippen LogP contribution in [0.25, 0.3) is 0 Å². The average Bonchev–Trinajstić information content (AvgIpc) is 2.84. The molecule has 2 heteroatoms. The summed E-state index contributed by atoms with van der Waals surface area (Å²) in [5.41, 5.74) is 0. The van der Waals surface area contributed by atoms with Crippen molar-refractivity contribution in [3.8, 4) is 0 Å². The molecule has 2 atom stereocenters. The van der Waals surface area contributed by atoms with Crippen LogP contribution >= 0.6 is 11.8 Å². The van der Waals surface area contributed by atoms with Gasteiger partial charge in [-0.25, -0.2) is 0 Å². The molecule has 0 aromatic heterocycles. The molecule has 0 N–H and O–H groups in total. The van der Waals surface area contributed by atoms with Gasteiger partial charge in [-0.05, 0) is 31.4 Å². The smallest absolute Gasteiger partial charge is 0.123 e. The van der Waals surface area contributed by atoms with Crippen LogP contribution in [0.1, 0.15) is 19.3 Å². The number of hydrogen-bond donors (Lipinski definition) is 0. The molecule has 0 aromatic carbocycles. The zero-order valence-corrected chi connectivity index (χ0v) is 6.99. The predicted octanol–water partition coefficient (Wildman–Crippen LogP) is 1.72. The lowest BCUT2D eigenvalue weighted by atomic mass is 10.2. The highest BCUT2D eigenvalue weighted by molar-refractivity contribution is 8.00. The minimum atomic E-state index is 0.426. The number of hydrogen-bond acceptors (Lipinski definition) is 2. The van der Waals surface area contributed by atoms with Crippen LogP contribution in [-0.4, -0.2) is 17.3 Å². The number of carbonyl (C=O) groups excluding carboxylic acids is 1. The van der Waals surface area contributed by atoms with E-state index in [2.05, 4.69) is 6.26 Å². The third-order valence-corrected chi connectivity index (χ3v) is 4.36. The van der Waals surface area contributed by atoms with E-state index < -0.39 is 0 Å². The molecule has 0 amide bonds. The molecule has 0 aromatic rings. The first-order valence-corrected chi connectivity index (χ1v) is 5.05. The van der Waals surface area contributed by atoms with Gasteiger partial charge in [0.2, 0.25) is 0 Å². The van der Waals surface area contributed by atoms with Crippen molar-refractivity contribution in [3.63, 3.8) is 0 Å². The predicted molar refractivity (Wildman–Crippen MR) is 43.1 cm³/mol. The van der Waals surface area contributed by atoms with Crippen molar-refractivity contribution in [1.29, 1.82) is 0 Å². The summed E-state index contributed by atoms with van der Waals surface area (Å²) >= 11 is 1.97. The van der Waals surface area contributed by atoms with E-state index in [0.29, 0.717) is 10.7 Å². The summed E-state index contributed by atoms with van der Waals surface area (Å²) < 4.78 is 0.561. The van der Waals surface area contributed by atoms with Crippen LogP contribution in [0, 0.1) is 11.8 Å². The van der Waals surface area contributed by atoms with Crippen LogP contribution in [0.3, 0.4) is 0 Å². The fourth-order valence-electron chi connectivity index (χ4n) is 1.82. The minimum Gasteiger partial charge on any atom is -0.303 e. The lowest BCUT2D eigenvalue weighted by molar-refractivity contribution is -0.109. The topological polar surface area (TPSA) is 17.1 Å². The number of aldehydes is 1. The van der Waals surface area contributed by atoms with Gasteiger partial charge in [0.15, 0.2) is 0 Å². The molecule has 1 nitrogen and oxygen atoms in total. The lowest BCUT2D eigenvalue weighted by Crippen LogP contribution is -2.06. The van der Waals surface area contributed by atoms with Gasteiger partial charge in [0.05, 0.1) is 0 Å². The molecule has 0 aliphatic heterocycles. The first-order valence-electron chi connectivity index (χ1n) is 3.83. The molecule has 0 saturated heterocycles. The number of rotatable bonds is 3. The third kappa shape index (κ3) is 0.815. The van der Waals surface area contributed by atoms with Gasteiger partial charge in [-0.3, -0.25) is 0 Å². The van der Waals surface area contributed by atoms with Gasteiger partial charge in [-0.15, -0.1) is 0 Å². The van der Waals surface area contributed by atoms with Crippen molar-refractivity contribution in [1.82, 2.24) is 0 Å². The van der Waals surface area contributed by atoms with Gasteiger partial charge in [0.25, 0.3) is 0 Å². The molecule has 2 aliphatic carbocycles. The van der Waals surface area contributed by atoms with Crippen molar-refractivity contribution in [2.45, 2.75) is 24.0 Å². The SMILES string of the molecule is CSC1([C@@H]2C[C@@H]2C=O)CC1. The van der Waals surface area contributed by atoms with E-state index in [1.165, 1.54) is 19.3 Å². The Kier molecular flexibility index (Phi) is 1.34. The second-order valence-corrected chi connectivity index (χ2v) is 4.63. The zero-order valence-electron chi connectivity index (χ0n) is 6.17. The highest BCUT2D eigenvalue weighted by Crippen LogP contribution is 2.63. The monoisotopic (exact) mass is 156 g/mol. The molecule has 56 valence electrons. The first-order chi connectivity index (χ1) is 4.82. The van der Waals surface area contributed by atoms with Crippen molar-refractivity contribution >= 4 is 18.0 Å². The minimum absolute atomic E-state index is 0.426. The van der Waals surface area contributed by atoms with Gasteiger partial charge in [0.1, 0.15) is 6.29 Å². The molecule has 2 rings (SSSR count). The number of thioether (sulfide) groups is 1. The Morgan fingerprint density at radius 2 is 2.30 bits per heavy atom. The molecule has 0 unspecified atom stereocenters. The van der Waals surface area contributed by atoms with Crippen molar-refractivity contribution in [2.24, 2.45) is 11.8 Å². The molecule has 2 saturated carbocycles. The molecular weight excluding hydrogens is 144 g/mol. The molecule has 0 radical (unpaired) electrons. The first kappa shape index (κ1) is 6.71. The summed E-state index contributed by atoms with van der Waals surface area (Å²) in [5, 5.41) is 0. The fraction of sp³-hybridized carbons (Fsp3) is 0.875. The molecular formula is C8H12OS. The Bertz CT molecular complexity index is 163. The van der Waals surface area contributed by atoms with E-state index in [4.69, 9.17) is 0 Å². The maximum Gasteiger partial charge on any atom is 0.123 e. The molecule has 2 aliphatic rings. The second kappa shape index (κ2) is 2.00. The van der Waals surface area contributed by atoms with Crippen LogP contribution in [0.4, 0.5) is 0 Å². The molecule has 0 heterocycles. The van der Waals surface area contributed by atoms with Crippen LogP contribution in [-0.2, 0) is 4.79 Å². The molecule has 10 heavy (non-hydrogen) atoms. The Morgan fingerprint density at radius 3 is 2.60 bits per heavy atom.